The minimum atomic E-state index is -3.35. The second-order valence-corrected chi connectivity index (χ2v) is 6.62. The van der Waals surface area contributed by atoms with Gasteiger partial charge in [-0.15, -0.1) is 0 Å². The zero-order valence-corrected chi connectivity index (χ0v) is 11.8. The Bertz CT molecular complexity index is 496. The maximum absolute atomic E-state index is 12.2. The van der Waals surface area contributed by atoms with E-state index in [9.17, 15) is 13.2 Å². The largest absolute Gasteiger partial charge is 0.312 e. The molecule has 1 aromatic carbocycles. The van der Waals surface area contributed by atoms with Crippen LogP contribution in [0.2, 0.25) is 0 Å². The van der Waals surface area contributed by atoms with Gasteiger partial charge in [0.2, 0.25) is 5.91 Å². The quantitative estimate of drug-likeness (QED) is 0.820. The number of hydrogen-bond acceptors (Lipinski definition) is 3. The molecule has 1 atom stereocenters. The standard InChI is InChI=1S/C13H19NO3S/c1-4-14(12-9-7-6-8-10-12)13(15)11(3)18(16,17)5-2/h6-11H,4-5H2,1-3H3. The summed E-state index contributed by atoms with van der Waals surface area (Å²) in [6, 6.07) is 9.10. The number of carbonyl (C=O) groups excluding carboxylic acids is 1. The summed E-state index contributed by atoms with van der Waals surface area (Å²) in [6.45, 7) is 5.29. The van der Waals surface area contributed by atoms with Crippen LogP contribution in [0.4, 0.5) is 5.69 Å². The number of benzene rings is 1. The number of hydrogen-bond donors (Lipinski definition) is 0. The van der Waals surface area contributed by atoms with Crippen LogP contribution in [0.25, 0.3) is 0 Å². The van der Waals surface area contributed by atoms with Crippen molar-refractivity contribution in [3.8, 4) is 0 Å². The van der Waals surface area contributed by atoms with Gasteiger partial charge in [0.15, 0.2) is 9.84 Å². The average Bonchev–Trinajstić information content (AvgIpc) is 2.39. The molecule has 0 N–H and O–H groups in total. The molecule has 0 saturated carbocycles. The van der Waals surface area contributed by atoms with Crippen molar-refractivity contribution in [2.24, 2.45) is 0 Å². The van der Waals surface area contributed by atoms with Crippen LogP contribution in [0.3, 0.4) is 0 Å². The SMILES string of the molecule is CCN(C(=O)C(C)S(=O)(=O)CC)c1ccccc1. The third kappa shape index (κ3) is 3.10. The fraction of sp³-hybridized carbons (Fsp3) is 0.462. The molecule has 0 radical (unpaired) electrons. The number of anilines is 1. The van der Waals surface area contributed by atoms with Crippen molar-refractivity contribution in [1.29, 1.82) is 0 Å². The van der Waals surface area contributed by atoms with Gasteiger partial charge in [0.05, 0.1) is 0 Å². The second kappa shape index (κ2) is 6.00. The van der Waals surface area contributed by atoms with E-state index in [2.05, 4.69) is 0 Å². The molecule has 1 aromatic rings. The van der Waals surface area contributed by atoms with Gasteiger partial charge in [0.1, 0.15) is 5.25 Å². The number of nitrogens with zero attached hydrogens (tertiary/aromatic N) is 1. The third-order valence-corrected chi connectivity index (χ3v) is 5.02. The van der Waals surface area contributed by atoms with E-state index in [1.165, 1.54) is 11.8 Å². The molecule has 5 heteroatoms. The highest BCUT2D eigenvalue weighted by Crippen LogP contribution is 2.16. The lowest BCUT2D eigenvalue weighted by Gasteiger charge is -2.24. The Morgan fingerprint density at radius 2 is 1.78 bits per heavy atom. The first-order valence-electron chi connectivity index (χ1n) is 6.02. The number of amides is 1. The zero-order chi connectivity index (χ0) is 13.8. The van der Waals surface area contributed by atoms with Gasteiger partial charge in [-0.3, -0.25) is 4.79 Å². The Morgan fingerprint density at radius 1 is 1.22 bits per heavy atom. The molecule has 100 valence electrons. The summed E-state index contributed by atoms with van der Waals surface area (Å²) in [5.41, 5.74) is 0.725. The van der Waals surface area contributed by atoms with Crippen LogP contribution < -0.4 is 4.90 Å². The molecule has 0 aliphatic heterocycles. The first-order valence-corrected chi connectivity index (χ1v) is 7.73. The molecule has 0 heterocycles. The summed E-state index contributed by atoms with van der Waals surface area (Å²) >= 11 is 0. The monoisotopic (exact) mass is 269 g/mol. The van der Waals surface area contributed by atoms with Crippen LogP contribution >= 0.6 is 0 Å². The van der Waals surface area contributed by atoms with Crippen molar-refractivity contribution in [3.63, 3.8) is 0 Å². The van der Waals surface area contributed by atoms with Gasteiger partial charge in [-0.25, -0.2) is 8.42 Å². The van der Waals surface area contributed by atoms with E-state index in [1.54, 1.807) is 19.1 Å². The summed E-state index contributed by atoms with van der Waals surface area (Å²) in [7, 11) is -3.35. The number of rotatable bonds is 5. The van der Waals surface area contributed by atoms with Crippen molar-refractivity contribution in [2.45, 2.75) is 26.0 Å². The Morgan fingerprint density at radius 3 is 2.22 bits per heavy atom. The fourth-order valence-electron chi connectivity index (χ4n) is 1.70. The molecule has 0 bridgehead atoms. The van der Waals surface area contributed by atoms with Gasteiger partial charge in [-0.2, -0.15) is 0 Å². The van der Waals surface area contributed by atoms with Crippen LogP contribution in [0.1, 0.15) is 20.8 Å². The topological polar surface area (TPSA) is 54.5 Å². The zero-order valence-electron chi connectivity index (χ0n) is 11.0. The van der Waals surface area contributed by atoms with E-state index in [0.717, 1.165) is 5.69 Å². The molecular formula is C13H19NO3S. The van der Waals surface area contributed by atoms with Crippen molar-refractivity contribution in [2.75, 3.05) is 17.2 Å². The highest BCUT2D eigenvalue weighted by atomic mass is 32.2. The molecule has 0 spiro atoms. The normalized spacial score (nSPS) is 13.1. The van der Waals surface area contributed by atoms with Crippen molar-refractivity contribution >= 4 is 21.4 Å². The maximum Gasteiger partial charge on any atom is 0.245 e. The van der Waals surface area contributed by atoms with Gasteiger partial charge in [-0.1, -0.05) is 25.1 Å². The smallest absolute Gasteiger partial charge is 0.245 e. The Kier molecular flexibility index (Phi) is 4.90. The van der Waals surface area contributed by atoms with Crippen LogP contribution in [-0.4, -0.2) is 31.9 Å². The summed E-state index contributed by atoms with van der Waals surface area (Å²) < 4.78 is 23.5. The summed E-state index contributed by atoms with van der Waals surface area (Å²) in [5, 5.41) is -0.998. The Labute approximate surface area is 109 Å². The molecule has 1 amide bonds. The van der Waals surface area contributed by atoms with Crippen molar-refractivity contribution in [3.05, 3.63) is 30.3 Å². The summed E-state index contributed by atoms with van der Waals surface area (Å²) in [6.07, 6.45) is 0. The molecule has 1 rings (SSSR count). The van der Waals surface area contributed by atoms with Crippen LogP contribution in [0, 0.1) is 0 Å². The van der Waals surface area contributed by atoms with Crippen LogP contribution in [-0.2, 0) is 14.6 Å². The van der Waals surface area contributed by atoms with E-state index in [-0.39, 0.29) is 11.7 Å². The van der Waals surface area contributed by atoms with Gasteiger partial charge >= 0.3 is 0 Å². The van der Waals surface area contributed by atoms with E-state index < -0.39 is 15.1 Å². The van der Waals surface area contributed by atoms with E-state index in [4.69, 9.17) is 0 Å². The second-order valence-electron chi connectivity index (χ2n) is 4.01. The van der Waals surface area contributed by atoms with Gasteiger partial charge in [0, 0.05) is 18.0 Å². The average molecular weight is 269 g/mol. The Balaban J connectivity index is 3.01. The van der Waals surface area contributed by atoms with Crippen LogP contribution in [0.5, 0.6) is 0 Å². The summed E-state index contributed by atoms with van der Waals surface area (Å²) in [4.78, 5) is 13.7. The van der Waals surface area contributed by atoms with E-state index in [1.807, 2.05) is 25.1 Å². The fourth-order valence-corrected chi connectivity index (χ4v) is 2.63. The lowest BCUT2D eigenvalue weighted by atomic mass is 10.2. The molecule has 0 aromatic heterocycles. The van der Waals surface area contributed by atoms with Gasteiger partial charge in [-0.05, 0) is 26.0 Å². The van der Waals surface area contributed by atoms with E-state index >= 15 is 0 Å². The highest BCUT2D eigenvalue weighted by molar-refractivity contribution is 7.92. The number of carbonyl (C=O) groups is 1. The minimum Gasteiger partial charge on any atom is -0.312 e. The van der Waals surface area contributed by atoms with Crippen molar-refractivity contribution in [1.82, 2.24) is 0 Å². The van der Waals surface area contributed by atoms with Gasteiger partial charge in [0.25, 0.3) is 0 Å². The van der Waals surface area contributed by atoms with Crippen LogP contribution in [0.15, 0.2) is 30.3 Å². The first kappa shape index (κ1) is 14.7. The molecule has 0 saturated heterocycles. The summed E-state index contributed by atoms with van der Waals surface area (Å²) in [5.74, 6) is -0.391. The molecule has 0 aliphatic rings. The minimum absolute atomic E-state index is 0.0216. The van der Waals surface area contributed by atoms with Gasteiger partial charge < -0.3 is 4.90 Å². The molecule has 0 aliphatic carbocycles. The molecule has 18 heavy (non-hydrogen) atoms. The molecule has 1 unspecified atom stereocenters. The molecule has 4 nitrogen and oxygen atoms in total. The van der Waals surface area contributed by atoms with E-state index in [0.29, 0.717) is 6.54 Å². The van der Waals surface area contributed by atoms with Crippen molar-refractivity contribution < 1.29 is 13.2 Å². The lowest BCUT2D eigenvalue weighted by Crippen LogP contribution is -2.42. The molecular weight excluding hydrogens is 250 g/mol. The molecule has 0 fully saturated rings. The number of para-hydroxylation sites is 1. The first-order chi connectivity index (χ1) is 8.44. The highest BCUT2D eigenvalue weighted by Gasteiger charge is 2.30. The maximum atomic E-state index is 12.2. The predicted octanol–water partition coefficient (Wildman–Crippen LogP) is 1.86. The Hall–Kier alpha value is -1.36. The number of sulfone groups is 1. The third-order valence-electron chi connectivity index (χ3n) is 2.94. The predicted molar refractivity (Wildman–Crippen MR) is 73.4 cm³/mol. The lowest BCUT2D eigenvalue weighted by molar-refractivity contribution is -0.117.